The molecule has 0 saturated carbocycles. The fraction of sp³-hybridized carbons (Fsp3) is 0.900. The Morgan fingerprint density at radius 3 is 1.52 bits per heavy atom. The van der Waals surface area contributed by atoms with E-state index < -0.39 is 39.2 Å². The lowest BCUT2D eigenvalue weighted by Gasteiger charge is -2.29. The minimum atomic E-state index is -4.66. The van der Waals surface area contributed by atoms with Gasteiger partial charge in [-0.15, -0.1) is 0 Å². The van der Waals surface area contributed by atoms with Gasteiger partial charge in [-0.05, 0) is 38.5 Å². The van der Waals surface area contributed by atoms with Crippen molar-refractivity contribution in [2.75, 3.05) is 40.9 Å². The standard InChI is InChI=1S/C40H78NO8P/c1-6-8-10-12-14-16-18-19-20-21-23-24-26-28-30-32-38(43)39(34-41(3,4)5)49-50(45,46)47-36-37(35-42)48-40(44)33-31-29-27-25-22-17-15-13-11-9-7-2/h19-20,37,39,42H,6-18,21-36H2,1-5H3/p+1/b20-19-/t37-,39?/m1/s1. The molecule has 0 aliphatic carbocycles. The van der Waals surface area contributed by atoms with Crippen molar-refractivity contribution >= 4 is 19.6 Å². The summed E-state index contributed by atoms with van der Waals surface area (Å²) in [5.41, 5.74) is 0. The van der Waals surface area contributed by atoms with Crippen molar-refractivity contribution in [2.45, 2.75) is 193 Å². The summed E-state index contributed by atoms with van der Waals surface area (Å²) in [5.74, 6) is -0.707. The number of quaternary nitrogens is 1. The molecule has 0 aliphatic heterocycles. The van der Waals surface area contributed by atoms with E-state index in [9.17, 15) is 24.2 Å². The van der Waals surface area contributed by atoms with Gasteiger partial charge in [0.2, 0.25) is 0 Å². The highest BCUT2D eigenvalue weighted by Crippen LogP contribution is 2.45. The monoisotopic (exact) mass is 733 g/mol. The van der Waals surface area contributed by atoms with Crippen molar-refractivity contribution in [3.8, 4) is 0 Å². The maximum Gasteiger partial charge on any atom is 0.473 e. The normalized spacial score (nSPS) is 14.5. The van der Waals surface area contributed by atoms with Crippen LogP contribution in [0, 0.1) is 0 Å². The zero-order valence-corrected chi connectivity index (χ0v) is 33.9. The Morgan fingerprint density at radius 2 is 1.08 bits per heavy atom. The van der Waals surface area contributed by atoms with Crippen LogP contribution in [0.15, 0.2) is 12.2 Å². The number of ketones is 1. The lowest BCUT2D eigenvalue weighted by Crippen LogP contribution is -2.45. The number of carbonyl (C=O) groups is 2. The van der Waals surface area contributed by atoms with Crippen molar-refractivity contribution in [2.24, 2.45) is 0 Å². The molecule has 0 amide bonds. The second-order valence-electron chi connectivity index (χ2n) is 15.2. The van der Waals surface area contributed by atoms with Gasteiger partial charge in [-0.1, -0.05) is 142 Å². The molecule has 3 atom stereocenters. The molecule has 0 heterocycles. The molecule has 2 N–H and O–H groups in total. The second-order valence-corrected chi connectivity index (χ2v) is 16.6. The number of unbranched alkanes of at least 4 members (excludes halogenated alkanes) is 21. The van der Waals surface area contributed by atoms with Gasteiger partial charge >= 0.3 is 13.8 Å². The third kappa shape index (κ3) is 32.8. The number of hydrogen-bond donors (Lipinski definition) is 2. The van der Waals surface area contributed by atoms with Gasteiger partial charge in [-0.2, -0.15) is 0 Å². The SMILES string of the molecule is CCCCCCCC/C=C\CCCCCCCC(=O)C(C[N+](C)(C)C)OP(=O)(O)OC[C@@H](CO)OC(=O)CCCCCCCCCCCCC. The lowest BCUT2D eigenvalue weighted by atomic mass is 10.0. The van der Waals surface area contributed by atoms with E-state index in [1.165, 1.54) is 89.9 Å². The smallest absolute Gasteiger partial charge is 0.457 e. The first-order chi connectivity index (χ1) is 23.9. The number of hydrogen-bond acceptors (Lipinski definition) is 7. The van der Waals surface area contributed by atoms with Crippen LogP contribution in [-0.2, 0) is 27.9 Å². The maximum atomic E-state index is 13.1. The summed E-state index contributed by atoms with van der Waals surface area (Å²) in [5, 5.41) is 9.69. The zero-order chi connectivity index (χ0) is 37.4. The number of Topliss-reactive ketones (excluding diaryl/α,β-unsaturated/α-hetero) is 1. The number of phosphoric ester groups is 1. The Hall–Kier alpha value is -1.09. The van der Waals surface area contributed by atoms with E-state index in [1.54, 1.807) is 0 Å². The van der Waals surface area contributed by atoms with Gasteiger partial charge in [0.25, 0.3) is 0 Å². The average molecular weight is 733 g/mol. The number of esters is 1. The molecule has 0 aromatic rings. The molecule has 0 rings (SSSR count). The predicted octanol–water partition coefficient (Wildman–Crippen LogP) is 10.4. The molecule has 0 saturated heterocycles. The van der Waals surface area contributed by atoms with E-state index in [-0.39, 0.29) is 25.2 Å². The van der Waals surface area contributed by atoms with Crippen LogP contribution in [0.25, 0.3) is 0 Å². The number of allylic oxidation sites excluding steroid dienone is 2. The highest BCUT2D eigenvalue weighted by atomic mass is 31.2. The summed E-state index contributed by atoms with van der Waals surface area (Å²) in [6.07, 6.45) is 30.9. The third-order valence-electron chi connectivity index (χ3n) is 8.93. The molecule has 50 heavy (non-hydrogen) atoms. The van der Waals surface area contributed by atoms with Crippen LogP contribution in [0.5, 0.6) is 0 Å². The first kappa shape index (κ1) is 48.9. The fourth-order valence-electron chi connectivity index (χ4n) is 5.89. The van der Waals surface area contributed by atoms with E-state index in [2.05, 4.69) is 26.0 Å². The van der Waals surface area contributed by atoms with Crippen molar-refractivity contribution < 1.29 is 42.4 Å². The van der Waals surface area contributed by atoms with Crippen LogP contribution < -0.4 is 0 Å². The van der Waals surface area contributed by atoms with Gasteiger partial charge in [0, 0.05) is 12.8 Å². The quantitative estimate of drug-likeness (QED) is 0.0213. The van der Waals surface area contributed by atoms with Crippen molar-refractivity contribution in [3.63, 3.8) is 0 Å². The molecule has 0 aliphatic rings. The van der Waals surface area contributed by atoms with E-state index in [1.807, 2.05) is 21.1 Å². The Kier molecular flexibility index (Phi) is 31.8. The highest BCUT2D eigenvalue weighted by molar-refractivity contribution is 7.47. The number of aliphatic hydroxyl groups is 1. The van der Waals surface area contributed by atoms with Crippen molar-refractivity contribution in [3.05, 3.63) is 12.2 Å². The summed E-state index contributed by atoms with van der Waals surface area (Å²) in [6, 6.07) is 0. The Bertz CT molecular complexity index is 891. The molecule has 0 aromatic carbocycles. The molecule has 0 fully saturated rings. The minimum absolute atomic E-state index is 0.204. The first-order valence-corrected chi connectivity index (χ1v) is 21.9. The molecule has 0 aromatic heterocycles. The van der Waals surface area contributed by atoms with Gasteiger partial charge in [-0.25, -0.2) is 4.57 Å². The van der Waals surface area contributed by atoms with Gasteiger partial charge < -0.3 is 19.2 Å². The lowest BCUT2D eigenvalue weighted by molar-refractivity contribution is -0.872. The summed E-state index contributed by atoms with van der Waals surface area (Å²) in [7, 11) is 0.980. The number of carbonyl (C=O) groups excluding carboxylic acids is 2. The molecule has 0 spiro atoms. The first-order valence-electron chi connectivity index (χ1n) is 20.4. The molecule has 2 unspecified atom stereocenters. The maximum absolute atomic E-state index is 13.1. The molecular weight excluding hydrogens is 653 g/mol. The largest absolute Gasteiger partial charge is 0.473 e. The second kappa shape index (κ2) is 32.6. The topological polar surface area (TPSA) is 119 Å². The van der Waals surface area contributed by atoms with Crippen LogP contribution in [0.1, 0.15) is 181 Å². The van der Waals surface area contributed by atoms with Gasteiger partial charge in [-0.3, -0.25) is 18.6 Å². The van der Waals surface area contributed by atoms with Gasteiger partial charge in [0.1, 0.15) is 12.6 Å². The Balaban J connectivity index is 4.36. The van der Waals surface area contributed by atoms with Crippen LogP contribution in [0.4, 0.5) is 0 Å². The molecular formula is C40H79NO8P+. The molecule has 0 radical (unpaired) electrons. The summed E-state index contributed by atoms with van der Waals surface area (Å²) >= 11 is 0. The Morgan fingerprint density at radius 1 is 0.660 bits per heavy atom. The summed E-state index contributed by atoms with van der Waals surface area (Å²) < 4.78 is 29.0. The molecule has 0 bridgehead atoms. The molecule has 9 nitrogen and oxygen atoms in total. The Labute approximate surface area is 307 Å². The highest BCUT2D eigenvalue weighted by Gasteiger charge is 2.35. The van der Waals surface area contributed by atoms with Crippen LogP contribution in [0.2, 0.25) is 0 Å². The fourth-order valence-corrected chi connectivity index (χ4v) is 6.81. The third-order valence-corrected chi connectivity index (χ3v) is 9.92. The van der Waals surface area contributed by atoms with Gasteiger partial charge in [0.15, 0.2) is 11.9 Å². The van der Waals surface area contributed by atoms with Crippen LogP contribution in [-0.4, -0.2) is 79.3 Å². The van der Waals surface area contributed by atoms with Crippen LogP contribution >= 0.6 is 7.82 Å². The summed E-state index contributed by atoms with van der Waals surface area (Å²) in [6.45, 7) is 3.62. The van der Waals surface area contributed by atoms with E-state index in [0.29, 0.717) is 17.3 Å². The zero-order valence-electron chi connectivity index (χ0n) is 33.1. The predicted molar refractivity (Wildman–Crippen MR) is 206 cm³/mol. The van der Waals surface area contributed by atoms with E-state index in [0.717, 1.165) is 51.4 Å². The number of phosphoric acid groups is 1. The number of aliphatic hydroxyl groups excluding tert-OH is 1. The van der Waals surface area contributed by atoms with Gasteiger partial charge in [0.05, 0.1) is 34.4 Å². The summed E-state index contributed by atoms with van der Waals surface area (Å²) in [4.78, 5) is 35.8. The van der Waals surface area contributed by atoms with E-state index >= 15 is 0 Å². The number of likely N-dealkylation sites (N-methyl/N-ethyl adjacent to an activating group) is 1. The number of nitrogens with zero attached hydrogens (tertiary/aromatic N) is 1. The number of ether oxygens (including phenoxy) is 1. The number of rotatable bonds is 37. The van der Waals surface area contributed by atoms with Crippen LogP contribution in [0.3, 0.4) is 0 Å². The van der Waals surface area contributed by atoms with Crippen molar-refractivity contribution in [1.82, 2.24) is 0 Å². The molecule has 296 valence electrons. The minimum Gasteiger partial charge on any atom is -0.457 e. The average Bonchev–Trinajstić information content (AvgIpc) is 3.06. The van der Waals surface area contributed by atoms with Crippen molar-refractivity contribution in [1.29, 1.82) is 0 Å². The van der Waals surface area contributed by atoms with E-state index in [4.69, 9.17) is 13.8 Å². The molecule has 10 heteroatoms.